The number of nitrogens with zero attached hydrogens (tertiary/aromatic N) is 2. The molecular formula is C13H24N2S. The quantitative estimate of drug-likeness (QED) is 0.729. The highest BCUT2D eigenvalue weighted by molar-refractivity contribution is 7.99. The van der Waals surface area contributed by atoms with E-state index in [2.05, 4.69) is 27.8 Å². The number of piperazine rings is 1. The first-order valence-electron chi connectivity index (χ1n) is 6.89. The average molecular weight is 240 g/mol. The number of hydrogen-bond donors (Lipinski definition) is 0. The molecule has 2 saturated heterocycles. The van der Waals surface area contributed by atoms with E-state index < -0.39 is 0 Å². The van der Waals surface area contributed by atoms with Crippen LogP contribution in [0.15, 0.2) is 0 Å². The van der Waals surface area contributed by atoms with Crippen molar-refractivity contribution in [3.8, 4) is 0 Å². The van der Waals surface area contributed by atoms with E-state index in [1.54, 1.807) is 0 Å². The number of thioether (sulfide) groups is 1. The third-order valence-electron chi connectivity index (χ3n) is 4.81. The molecule has 3 aliphatic rings. The highest BCUT2D eigenvalue weighted by Gasteiger charge is 2.37. The predicted octanol–water partition coefficient (Wildman–Crippen LogP) is 2.05. The molecule has 3 rings (SSSR count). The molecule has 2 nitrogen and oxygen atoms in total. The Bertz CT molecular complexity index is 246. The molecule has 1 saturated carbocycles. The first-order chi connectivity index (χ1) is 7.88. The summed E-state index contributed by atoms with van der Waals surface area (Å²) in [6, 6.07) is 1.80. The summed E-state index contributed by atoms with van der Waals surface area (Å²) in [4.78, 5) is 5.54. The SMILES string of the molecule is CSC1CCCC1N1CCN2CCCC2C1. The van der Waals surface area contributed by atoms with Gasteiger partial charge in [-0.1, -0.05) is 6.42 Å². The molecule has 3 atom stereocenters. The van der Waals surface area contributed by atoms with E-state index in [0.717, 1.165) is 17.3 Å². The smallest absolute Gasteiger partial charge is 0.0224 e. The lowest BCUT2D eigenvalue weighted by molar-refractivity contribution is 0.0751. The Morgan fingerprint density at radius 2 is 1.81 bits per heavy atom. The first-order valence-corrected chi connectivity index (χ1v) is 8.18. The van der Waals surface area contributed by atoms with Gasteiger partial charge < -0.3 is 0 Å². The van der Waals surface area contributed by atoms with E-state index in [9.17, 15) is 0 Å². The van der Waals surface area contributed by atoms with Gasteiger partial charge in [-0.3, -0.25) is 9.80 Å². The van der Waals surface area contributed by atoms with Crippen LogP contribution in [0.3, 0.4) is 0 Å². The van der Waals surface area contributed by atoms with Crippen molar-refractivity contribution in [3.63, 3.8) is 0 Å². The zero-order valence-corrected chi connectivity index (χ0v) is 11.2. The molecule has 2 aliphatic heterocycles. The van der Waals surface area contributed by atoms with Crippen LogP contribution in [0, 0.1) is 0 Å². The van der Waals surface area contributed by atoms with Crippen molar-refractivity contribution in [2.75, 3.05) is 32.4 Å². The number of fused-ring (bicyclic) bond motifs is 1. The van der Waals surface area contributed by atoms with Gasteiger partial charge in [-0.25, -0.2) is 0 Å². The molecule has 0 aromatic carbocycles. The van der Waals surface area contributed by atoms with Crippen LogP contribution >= 0.6 is 11.8 Å². The average Bonchev–Trinajstić information content (AvgIpc) is 2.96. The molecule has 0 amide bonds. The van der Waals surface area contributed by atoms with E-state index in [1.807, 2.05) is 0 Å². The molecule has 0 N–H and O–H groups in total. The zero-order valence-electron chi connectivity index (χ0n) is 10.4. The Balaban J connectivity index is 1.62. The topological polar surface area (TPSA) is 6.48 Å². The third-order valence-corrected chi connectivity index (χ3v) is 5.96. The summed E-state index contributed by atoms with van der Waals surface area (Å²) in [5.41, 5.74) is 0. The maximum absolute atomic E-state index is 2.82. The van der Waals surface area contributed by atoms with Crippen molar-refractivity contribution in [1.82, 2.24) is 9.80 Å². The lowest BCUT2D eigenvalue weighted by Gasteiger charge is -2.42. The van der Waals surface area contributed by atoms with Crippen molar-refractivity contribution in [1.29, 1.82) is 0 Å². The van der Waals surface area contributed by atoms with Gasteiger partial charge in [0.1, 0.15) is 0 Å². The molecule has 3 heteroatoms. The molecular weight excluding hydrogens is 216 g/mol. The zero-order chi connectivity index (χ0) is 11.0. The predicted molar refractivity (Wildman–Crippen MR) is 71.1 cm³/mol. The second kappa shape index (κ2) is 4.87. The largest absolute Gasteiger partial charge is 0.298 e. The summed E-state index contributed by atoms with van der Waals surface area (Å²) in [5.74, 6) is 0. The molecule has 0 spiro atoms. The molecule has 92 valence electrons. The third kappa shape index (κ3) is 2.02. The number of hydrogen-bond acceptors (Lipinski definition) is 3. The van der Waals surface area contributed by atoms with Gasteiger partial charge in [0.05, 0.1) is 0 Å². The Morgan fingerprint density at radius 1 is 0.938 bits per heavy atom. The van der Waals surface area contributed by atoms with E-state index in [0.29, 0.717) is 0 Å². The van der Waals surface area contributed by atoms with Crippen LogP contribution in [0.25, 0.3) is 0 Å². The fourth-order valence-corrected chi connectivity index (χ4v) is 4.94. The minimum atomic E-state index is 0.900. The lowest BCUT2D eigenvalue weighted by atomic mass is 10.1. The molecule has 2 heterocycles. The highest BCUT2D eigenvalue weighted by atomic mass is 32.2. The molecule has 3 unspecified atom stereocenters. The molecule has 16 heavy (non-hydrogen) atoms. The fourth-order valence-electron chi connectivity index (χ4n) is 3.92. The highest BCUT2D eigenvalue weighted by Crippen LogP contribution is 2.34. The van der Waals surface area contributed by atoms with Gasteiger partial charge in [-0.05, 0) is 38.5 Å². The summed E-state index contributed by atoms with van der Waals surface area (Å²) in [6.07, 6.45) is 9.56. The normalized spacial score (nSPS) is 41.4. The lowest BCUT2D eigenvalue weighted by Crippen LogP contribution is -2.54. The Morgan fingerprint density at radius 3 is 2.69 bits per heavy atom. The van der Waals surface area contributed by atoms with Gasteiger partial charge in [0.25, 0.3) is 0 Å². The van der Waals surface area contributed by atoms with Crippen LogP contribution in [0.4, 0.5) is 0 Å². The van der Waals surface area contributed by atoms with Gasteiger partial charge in [0.2, 0.25) is 0 Å². The van der Waals surface area contributed by atoms with E-state index in [4.69, 9.17) is 0 Å². The van der Waals surface area contributed by atoms with Crippen molar-refractivity contribution < 1.29 is 0 Å². The second-order valence-corrected chi connectivity index (χ2v) is 6.68. The van der Waals surface area contributed by atoms with Gasteiger partial charge >= 0.3 is 0 Å². The van der Waals surface area contributed by atoms with E-state index in [-0.39, 0.29) is 0 Å². The minimum Gasteiger partial charge on any atom is -0.298 e. The Kier molecular flexibility index (Phi) is 3.46. The summed E-state index contributed by atoms with van der Waals surface area (Å²) in [5, 5.41) is 0.924. The Labute approximate surface area is 104 Å². The van der Waals surface area contributed by atoms with Crippen molar-refractivity contribution in [3.05, 3.63) is 0 Å². The van der Waals surface area contributed by atoms with Crippen LogP contribution < -0.4 is 0 Å². The maximum Gasteiger partial charge on any atom is 0.0224 e. The maximum atomic E-state index is 2.82. The van der Waals surface area contributed by atoms with Gasteiger partial charge in [-0.15, -0.1) is 0 Å². The van der Waals surface area contributed by atoms with Crippen molar-refractivity contribution in [2.24, 2.45) is 0 Å². The molecule has 0 aromatic rings. The second-order valence-electron chi connectivity index (χ2n) is 5.60. The monoisotopic (exact) mass is 240 g/mol. The molecule has 0 bridgehead atoms. The summed E-state index contributed by atoms with van der Waals surface area (Å²) in [6.45, 7) is 5.40. The summed E-state index contributed by atoms with van der Waals surface area (Å²) >= 11 is 2.10. The fraction of sp³-hybridized carbons (Fsp3) is 1.00. The van der Waals surface area contributed by atoms with Gasteiger partial charge in [0, 0.05) is 37.0 Å². The Hall–Kier alpha value is 0.270. The minimum absolute atomic E-state index is 0.900. The molecule has 0 radical (unpaired) electrons. The molecule has 1 aliphatic carbocycles. The van der Waals surface area contributed by atoms with Crippen molar-refractivity contribution >= 4 is 11.8 Å². The summed E-state index contributed by atoms with van der Waals surface area (Å²) in [7, 11) is 0. The van der Waals surface area contributed by atoms with Gasteiger partial charge in [0.15, 0.2) is 0 Å². The van der Waals surface area contributed by atoms with Crippen LogP contribution in [-0.2, 0) is 0 Å². The van der Waals surface area contributed by atoms with Gasteiger partial charge in [-0.2, -0.15) is 11.8 Å². The summed E-state index contributed by atoms with van der Waals surface area (Å²) < 4.78 is 0. The molecule has 3 fully saturated rings. The van der Waals surface area contributed by atoms with Crippen LogP contribution in [0.1, 0.15) is 32.1 Å². The first kappa shape index (κ1) is 11.4. The van der Waals surface area contributed by atoms with Crippen LogP contribution in [0.5, 0.6) is 0 Å². The van der Waals surface area contributed by atoms with E-state index >= 15 is 0 Å². The standard InChI is InChI=1S/C13H24N2S/c1-16-13-6-2-5-12(13)15-9-8-14-7-3-4-11(14)10-15/h11-13H,2-10H2,1H3. The van der Waals surface area contributed by atoms with Crippen molar-refractivity contribution in [2.45, 2.75) is 49.4 Å². The number of rotatable bonds is 2. The van der Waals surface area contributed by atoms with E-state index in [1.165, 1.54) is 58.3 Å². The molecule has 0 aromatic heterocycles. The van der Waals surface area contributed by atoms with Crippen LogP contribution in [-0.4, -0.2) is 59.6 Å². The van der Waals surface area contributed by atoms with Crippen LogP contribution in [0.2, 0.25) is 0 Å².